The molecule has 2 aromatic heterocycles. The van der Waals surface area contributed by atoms with Crippen molar-refractivity contribution in [2.45, 2.75) is 98.3 Å². The van der Waals surface area contributed by atoms with Crippen molar-refractivity contribution >= 4 is 11.0 Å². The van der Waals surface area contributed by atoms with Gasteiger partial charge in [0.1, 0.15) is 11.6 Å². The minimum absolute atomic E-state index is 0.0654. The zero-order valence-corrected chi connectivity index (χ0v) is 41.0. The number of phenols is 1. The van der Waals surface area contributed by atoms with Gasteiger partial charge in [0.25, 0.3) is 0 Å². The summed E-state index contributed by atoms with van der Waals surface area (Å²) < 4.78 is 11.5. The van der Waals surface area contributed by atoms with Crippen LogP contribution < -0.4 is 0 Å². The maximum Gasteiger partial charge on any atom is 0.149 e. The van der Waals surface area contributed by atoms with E-state index in [4.69, 9.17) is 9.97 Å². The van der Waals surface area contributed by atoms with E-state index in [1.54, 1.807) is 0 Å². The SMILES string of the molecule is [2H]C(C)(C)c1cc(-c2ccccc2)cc(-n2c(-c3cc(C(C)(C)C)cc(C(C)(C)C)c3O)nc3c(-c4cc(-c5ccccc5)cc(-c5cc(-c6ccc(C(C)(C)C)cc6)ccn5)c4)cccc32)c1. The molecule has 67 heavy (non-hydrogen) atoms. The van der Waals surface area contributed by atoms with Crippen LogP contribution in [0.15, 0.2) is 170 Å². The highest BCUT2D eigenvalue weighted by atomic mass is 16.3. The lowest BCUT2D eigenvalue weighted by atomic mass is 9.79. The van der Waals surface area contributed by atoms with E-state index < -0.39 is 5.89 Å². The van der Waals surface area contributed by atoms with Crippen LogP contribution in [-0.4, -0.2) is 19.6 Å². The third-order valence-electron chi connectivity index (χ3n) is 13.1. The number of phenolic OH excluding ortho intramolecular Hbond substituents is 1. The minimum Gasteiger partial charge on any atom is -0.507 e. The van der Waals surface area contributed by atoms with Gasteiger partial charge < -0.3 is 5.11 Å². The molecule has 4 heteroatoms. The first kappa shape index (κ1) is 43.8. The molecule has 9 aromatic rings. The molecule has 336 valence electrons. The molecule has 7 aromatic carbocycles. The summed E-state index contributed by atoms with van der Waals surface area (Å²) in [5, 5.41) is 12.6. The molecule has 0 amide bonds. The molecule has 0 unspecified atom stereocenters. The summed E-state index contributed by atoms with van der Waals surface area (Å²) in [6.45, 7) is 23.7. The highest BCUT2D eigenvalue weighted by Gasteiger charge is 2.29. The fourth-order valence-electron chi connectivity index (χ4n) is 9.07. The minimum atomic E-state index is -0.898. The maximum absolute atomic E-state index is 12.6. The van der Waals surface area contributed by atoms with Crippen molar-refractivity contribution in [3.63, 3.8) is 0 Å². The molecule has 2 heterocycles. The number of benzene rings is 7. The standard InChI is InChI=1S/C63H63N3O/c1-40(2)45-31-47(42-21-16-13-17-22-42)36-52(35-45)66-57-24-18-23-53(58(57)65-60(66)54-38-51(62(6,7)8)39-55(59(54)67)63(9,10)11)48-32-46(41-19-14-12-15-20-41)33-49(34-48)56-37-44(29-30-64-56)43-25-27-50(28-26-43)61(3,4)5/h12-40,67H,1-11H3/i40D. The average molecular weight is 879 g/mol. The largest absolute Gasteiger partial charge is 0.507 e. The Labute approximate surface area is 399 Å². The van der Waals surface area contributed by atoms with Crippen LogP contribution in [0.2, 0.25) is 0 Å². The molecule has 0 aliphatic carbocycles. The van der Waals surface area contributed by atoms with Crippen LogP contribution >= 0.6 is 0 Å². The van der Waals surface area contributed by atoms with Gasteiger partial charge in [0.2, 0.25) is 0 Å². The summed E-state index contributed by atoms with van der Waals surface area (Å²) in [6.07, 6.45) is 1.91. The molecule has 0 spiro atoms. The summed E-state index contributed by atoms with van der Waals surface area (Å²) in [7, 11) is 0. The molecule has 0 saturated carbocycles. The Balaban J connectivity index is 1.33. The number of para-hydroxylation sites is 1. The number of aromatic nitrogens is 3. The van der Waals surface area contributed by atoms with E-state index in [1.165, 1.54) is 5.56 Å². The Hall–Kier alpha value is -7.04. The van der Waals surface area contributed by atoms with Crippen LogP contribution in [0.25, 0.3) is 83.9 Å². The van der Waals surface area contributed by atoms with Gasteiger partial charge in [-0.3, -0.25) is 9.55 Å². The Morgan fingerprint density at radius 1 is 0.493 bits per heavy atom. The zero-order valence-electron chi connectivity index (χ0n) is 42.0. The van der Waals surface area contributed by atoms with Crippen molar-refractivity contribution in [1.82, 2.24) is 14.5 Å². The van der Waals surface area contributed by atoms with Gasteiger partial charge in [0, 0.05) is 29.9 Å². The van der Waals surface area contributed by atoms with Crippen molar-refractivity contribution in [2.24, 2.45) is 0 Å². The predicted molar refractivity (Wildman–Crippen MR) is 283 cm³/mol. The number of imidazole rings is 1. The van der Waals surface area contributed by atoms with E-state index in [1.807, 2.05) is 32.2 Å². The van der Waals surface area contributed by atoms with E-state index in [9.17, 15) is 6.48 Å². The first-order valence-corrected chi connectivity index (χ1v) is 23.5. The van der Waals surface area contributed by atoms with Gasteiger partial charge in [-0.05, 0) is 132 Å². The molecule has 0 radical (unpaired) electrons. The van der Waals surface area contributed by atoms with E-state index >= 15 is 0 Å². The Morgan fingerprint density at radius 2 is 1.09 bits per heavy atom. The van der Waals surface area contributed by atoms with E-state index in [2.05, 4.69) is 219 Å². The van der Waals surface area contributed by atoms with E-state index in [0.717, 1.165) is 89.2 Å². The van der Waals surface area contributed by atoms with Crippen molar-refractivity contribution in [3.05, 3.63) is 192 Å². The second-order valence-electron chi connectivity index (χ2n) is 21.4. The number of rotatable bonds is 8. The van der Waals surface area contributed by atoms with E-state index in [-0.39, 0.29) is 22.0 Å². The van der Waals surface area contributed by atoms with Crippen molar-refractivity contribution in [2.75, 3.05) is 0 Å². The van der Waals surface area contributed by atoms with Crippen LogP contribution in [-0.2, 0) is 16.2 Å². The first-order valence-electron chi connectivity index (χ1n) is 24.0. The van der Waals surface area contributed by atoms with Gasteiger partial charge in [0.05, 0.1) is 22.3 Å². The lowest BCUT2D eigenvalue weighted by molar-refractivity contribution is 0.446. The molecular formula is C63H63N3O. The molecule has 4 nitrogen and oxygen atoms in total. The van der Waals surface area contributed by atoms with Crippen molar-refractivity contribution in [3.8, 4) is 78.6 Å². The molecule has 0 atom stereocenters. The monoisotopic (exact) mass is 879 g/mol. The van der Waals surface area contributed by atoms with Gasteiger partial charge in [-0.2, -0.15) is 0 Å². The van der Waals surface area contributed by atoms with Gasteiger partial charge in [0.15, 0.2) is 0 Å². The van der Waals surface area contributed by atoms with Crippen molar-refractivity contribution in [1.29, 1.82) is 0 Å². The van der Waals surface area contributed by atoms with Gasteiger partial charge in [-0.1, -0.05) is 185 Å². The summed E-state index contributed by atoms with van der Waals surface area (Å²) >= 11 is 0. The molecular weight excluding hydrogens is 815 g/mol. The van der Waals surface area contributed by atoms with Crippen LogP contribution in [0.3, 0.4) is 0 Å². The number of aromatic hydroxyl groups is 1. The molecule has 0 bridgehead atoms. The van der Waals surface area contributed by atoms with Gasteiger partial charge >= 0.3 is 0 Å². The third-order valence-corrected chi connectivity index (χ3v) is 13.1. The highest BCUT2D eigenvalue weighted by molar-refractivity contribution is 5.98. The highest BCUT2D eigenvalue weighted by Crippen LogP contribution is 2.45. The molecule has 0 saturated heterocycles. The summed E-state index contributed by atoms with van der Waals surface area (Å²) in [5.74, 6) is -0.0484. The smallest absolute Gasteiger partial charge is 0.149 e. The molecule has 0 fully saturated rings. The second kappa shape index (κ2) is 17.3. The lowest BCUT2D eigenvalue weighted by Crippen LogP contribution is -2.17. The van der Waals surface area contributed by atoms with Crippen LogP contribution in [0, 0.1) is 0 Å². The second-order valence-corrected chi connectivity index (χ2v) is 21.4. The number of hydrogen-bond donors (Lipinski definition) is 1. The summed E-state index contributed by atoms with van der Waals surface area (Å²) in [4.78, 5) is 10.6. The predicted octanol–water partition coefficient (Wildman–Crippen LogP) is 17.1. The van der Waals surface area contributed by atoms with Gasteiger partial charge in [-0.15, -0.1) is 0 Å². The number of hydrogen-bond acceptors (Lipinski definition) is 3. The fraction of sp³-hybridized carbons (Fsp3) is 0.238. The van der Waals surface area contributed by atoms with Crippen LogP contribution in [0.5, 0.6) is 5.75 Å². The Bertz CT molecular complexity index is 3300. The number of nitrogens with zero attached hydrogens (tertiary/aromatic N) is 3. The average Bonchev–Trinajstić information content (AvgIpc) is 3.70. The molecule has 9 rings (SSSR count). The summed E-state index contributed by atoms with van der Waals surface area (Å²) in [5.41, 5.74) is 17.2. The van der Waals surface area contributed by atoms with E-state index in [0.29, 0.717) is 11.4 Å². The lowest BCUT2D eigenvalue weighted by Gasteiger charge is -2.27. The molecule has 0 aliphatic heterocycles. The third kappa shape index (κ3) is 9.10. The first-order chi connectivity index (χ1) is 32.1. The normalized spacial score (nSPS) is 12.7. The van der Waals surface area contributed by atoms with Gasteiger partial charge in [-0.25, -0.2) is 4.98 Å². The van der Waals surface area contributed by atoms with Crippen molar-refractivity contribution < 1.29 is 6.48 Å². The Kier molecular flexibility index (Phi) is 11.3. The topological polar surface area (TPSA) is 50.9 Å². The molecule has 1 N–H and O–H groups in total. The fourth-order valence-corrected chi connectivity index (χ4v) is 9.07. The summed E-state index contributed by atoms with van der Waals surface area (Å²) in [6, 6.07) is 57.9. The number of pyridine rings is 1. The maximum atomic E-state index is 12.6. The zero-order chi connectivity index (χ0) is 48.3. The van der Waals surface area contributed by atoms with Crippen LogP contribution in [0.4, 0.5) is 0 Å². The van der Waals surface area contributed by atoms with Crippen LogP contribution in [0.1, 0.15) is 106 Å². The Morgan fingerprint density at radius 3 is 1.70 bits per heavy atom. The number of fused-ring (bicyclic) bond motifs is 1. The quantitative estimate of drug-likeness (QED) is 0.165. The molecule has 0 aliphatic rings.